The van der Waals surface area contributed by atoms with E-state index < -0.39 is 15.8 Å². The maximum atomic E-state index is 14.2. The van der Waals surface area contributed by atoms with Gasteiger partial charge in [0.2, 0.25) is 0 Å². The van der Waals surface area contributed by atoms with E-state index in [-0.39, 0.29) is 28.1 Å². The van der Waals surface area contributed by atoms with Crippen molar-refractivity contribution in [1.29, 1.82) is 0 Å². The molecular formula is C14H15FN6O2S. The summed E-state index contributed by atoms with van der Waals surface area (Å²) in [6.45, 7) is 3.81. The number of sulfonamides is 1. The summed E-state index contributed by atoms with van der Waals surface area (Å²) in [6.07, 6.45) is 4.06. The molecule has 0 unspecified atom stereocenters. The van der Waals surface area contributed by atoms with E-state index in [1.807, 2.05) is 13.8 Å². The first-order chi connectivity index (χ1) is 11.4. The van der Waals surface area contributed by atoms with E-state index in [9.17, 15) is 12.8 Å². The summed E-state index contributed by atoms with van der Waals surface area (Å²) in [5.74, 6) is -0.502. The number of halogens is 1. The minimum atomic E-state index is -3.97. The Morgan fingerprint density at radius 2 is 2.08 bits per heavy atom. The average molecular weight is 350 g/mol. The second-order valence-corrected chi connectivity index (χ2v) is 6.98. The molecule has 0 saturated carbocycles. The van der Waals surface area contributed by atoms with E-state index in [1.54, 1.807) is 4.57 Å². The van der Waals surface area contributed by atoms with Crippen LogP contribution in [0.2, 0.25) is 0 Å². The number of imidazole rings is 1. The van der Waals surface area contributed by atoms with Gasteiger partial charge < -0.3 is 4.57 Å². The Hall–Kier alpha value is -2.75. The van der Waals surface area contributed by atoms with Crippen molar-refractivity contribution in [2.45, 2.75) is 24.9 Å². The SMILES string of the molecule is CC(C)n1cnc(S(=O)(=O)Nc2cccc(F)c2-c2ncn[nH]2)c1. The molecule has 0 fully saturated rings. The average Bonchev–Trinajstić information content (AvgIpc) is 3.19. The van der Waals surface area contributed by atoms with Gasteiger partial charge in [-0.3, -0.25) is 9.82 Å². The Labute approximate surface area is 137 Å². The maximum absolute atomic E-state index is 14.2. The Morgan fingerprint density at radius 3 is 2.71 bits per heavy atom. The lowest BCUT2D eigenvalue weighted by Gasteiger charge is -2.10. The Bertz CT molecular complexity index is 950. The van der Waals surface area contributed by atoms with Gasteiger partial charge in [0.1, 0.15) is 12.1 Å². The van der Waals surface area contributed by atoms with Gasteiger partial charge in [-0.15, -0.1) is 0 Å². The number of nitrogens with zero attached hydrogens (tertiary/aromatic N) is 4. The molecule has 1 aromatic carbocycles. The van der Waals surface area contributed by atoms with Crippen LogP contribution >= 0.6 is 0 Å². The van der Waals surface area contributed by atoms with Crippen LogP contribution in [0, 0.1) is 5.82 Å². The number of anilines is 1. The maximum Gasteiger partial charge on any atom is 0.280 e. The molecule has 3 aromatic rings. The molecule has 0 spiro atoms. The minimum Gasteiger partial charge on any atom is -0.334 e. The molecule has 3 rings (SSSR count). The topological polar surface area (TPSA) is 106 Å². The molecular weight excluding hydrogens is 335 g/mol. The molecule has 2 aromatic heterocycles. The molecule has 0 aliphatic rings. The first-order valence-electron chi connectivity index (χ1n) is 7.09. The standard InChI is InChI=1S/C14H15FN6O2S/c1-9(2)21-6-12(17-8-21)24(22,23)20-11-5-3-4-10(15)13(11)14-16-7-18-19-14/h3-9,20H,1-2H3,(H,16,18,19). The highest BCUT2D eigenvalue weighted by molar-refractivity contribution is 7.92. The zero-order valence-electron chi connectivity index (χ0n) is 12.9. The number of hydrogen-bond donors (Lipinski definition) is 2. The molecule has 10 heteroatoms. The van der Waals surface area contributed by atoms with Gasteiger partial charge in [0, 0.05) is 12.2 Å². The van der Waals surface area contributed by atoms with Crippen molar-refractivity contribution < 1.29 is 12.8 Å². The largest absolute Gasteiger partial charge is 0.334 e. The molecule has 0 saturated heterocycles. The van der Waals surface area contributed by atoms with Gasteiger partial charge in [-0.1, -0.05) is 6.07 Å². The quantitative estimate of drug-likeness (QED) is 0.734. The van der Waals surface area contributed by atoms with Gasteiger partial charge in [-0.25, -0.2) is 14.4 Å². The van der Waals surface area contributed by atoms with Crippen LogP contribution < -0.4 is 4.72 Å². The second-order valence-electron chi connectivity index (χ2n) is 5.35. The molecule has 0 bridgehead atoms. The third-order valence-corrected chi connectivity index (χ3v) is 4.61. The third-order valence-electron chi connectivity index (χ3n) is 3.36. The molecule has 0 aliphatic carbocycles. The van der Waals surface area contributed by atoms with E-state index in [0.29, 0.717) is 0 Å². The van der Waals surface area contributed by atoms with E-state index >= 15 is 0 Å². The van der Waals surface area contributed by atoms with Crippen molar-refractivity contribution in [3.05, 3.63) is 42.9 Å². The number of nitrogens with one attached hydrogen (secondary N) is 2. The normalized spacial score (nSPS) is 11.8. The van der Waals surface area contributed by atoms with Crippen molar-refractivity contribution in [2.75, 3.05) is 4.72 Å². The van der Waals surface area contributed by atoms with Gasteiger partial charge in [0.25, 0.3) is 10.0 Å². The van der Waals surface area contributed by atoms with Crippen LogP contribution in [-0.2, 0) is 10.0 Å². The highest BCUT2D eigenvalue weighted by Gasteiger charge is 2.22. The van der Waals surface area contributed by atoms with Gasteiger partial charge in [0.15, 0.2) is 10.9 Å². The molecule has 24 heavy (non-hydrogen) atoms. The second kappa shape index (κ2) is 6.04. The van der Waals surface area contributed by atoms with Crippen LogP contribution in [0.5, 0.6) is 0 Å². The van der Waals surface area contributed by atoms with E-state index in [2.05, 4.69) is 24.9 Å². The van der Waals surface area contributed by atoms with Gasteiger partial charge in [0.05, 0.1) is 17.6 Å². The summed E-state index contributed by atoms with van der Waals surface area (Å²) in [6, 6.07) is 4.13. The Balaban J connectivity index is 2.00. The number of aromatic nitrogens is 5. The van der Waals surface area contributed by atoms with Crippen molar-refractivity contribution in [3.8, 4) is 11.4 Å². The van der Waals surface area contributed by atoms with Gasteiger partial charge in [-0.05, 0) is 26.0 Å². The summed E-state index contributed by atoms with van der Waals surface area (Å²) in [7, 11) is -3.97. The Kier molecular flexibility index (Phi) is 4.06. The monoisotopic (exact) mass is 350 g/mol. The molecule has 2 N–H and O–H groups in total. The zero-order chi connectivity index (χ0) is 17.3. The van der Waals surface area contributed by atoms with E-state index in [4.69, 9.17) is 0 Å². The molecule has 0 amide bonds. The number of hydrogen-bond acceptors (Lipinski definition) is 5. The van der Waals surface area contributed by atoms with Gasteiger partial charge in [-0.2, -0.15) is 13.5 Å². The fourth-order valence-electron chi connectivity index (χ4n) is 2.11. The molecule has 0 atom stereocenters. The lowest BCUT2D eigenvalue weighted by atomic mass is 10.1. The fraction of sp³-hybridized carbons (Fsp3) is 0.214. The fourth-order valence-corrected chi connectivity index (χ4v) is 3.12. The van der Waals surface area contributed by atoms with Crippen LogP contribution in [0.15, 0.2) is 42.1 Å². The predicted molar refractivity (Wildman–Crippen MR) is 85.2 cm³/mol. The molecule has 126 valence electrons. The zero-order valence-corrected chi connectivity index (χ0v) is 13.7. The summed E-state index contributed by atoms with van der Waals surface area (Å²) in [5, 5.41) is 6.04. The smallest absolute Gasteiger partial charge is 0.280 e. The number of aromatic amines is 1. The molecule has 0 aliphatic heterocycles. The minimum absolute atomic E-state index is 0.0122. The van der Waals surface area contributed by atoms with Crippen molar-refractivity contribution in [1.82, 2.24) is 24.7 Å². The highest BCUT2D eigenvalue weighted by atomic mass is 32.2. The first kappa shape index (κ1) is 16.1. The third kappa shape index (κ3) is 3.00. The highest BCUT2D eigenvalue weighted by Crippen LogP contribution is 2.29. The van der Waals surface area contributed by atoms with E-state index in [1.165, 1.54) is 37.1 Å². The van der Waals surface area contributed by atoms with Crippen molar-refractivity contribution >= 4 is 15.7 Å². The predicted octanol–water partition coefficient (Wildman–Crippen LogP) is 2.19. The lowest BCUT2D eigenvalue weighted by Crippen LogP contribution is -2.14. The lowest BCUT2D eigenvalue weighted by molar-refractivity contribution is 0.591. The van der Waals surface area contributed by atoms with Crippen LogP contribution in [0.4, 0.5) is 10.1 Å². The number of H-pyrrole nitrogens is 1. The summed E-state index contributed by atoms with van der Waals surface area (Å²) >= 11 is 0. The van der Waals surface area contributed by atoms with Gasteiger partial charge >= 0.3 is 0 Å². The van der Waals surface area contributed by atoms with Crippen molar-refractivity contribution in [2.24, 2.45) is 0 Å². The van der Waals surface area contributed by atoms with Crippen molar-refractivity contribution in [3.63, 3.8) is 0 Å². The van der Waals surface area contributed by atoms with E-state index in [0.717, 1.165) is 0 Å². The first-order valence-corrected chi connectivity index (χ1v) is 8.57. The Morgan fingerprint density at radius 1 is 1.29 bits per heavy atom. The number of benzene rings is 1. The molecule has 0 radical (unpaired) electrons. The summed E-state index contributed by atoms with van der Waals surface area (Å²) in [5.41, 5.74) is 0.0349. The van der Waals surface area contributed by atoms with Crippen LogP contribution in [0.1, 0.15) is 19.9 Å². The summed E-state index contributed by atoms with van der Waals surface area (Å²) in [4.78, 5) is 7.78. The summed E-state index contributed by atoms with van der Waals surface area (Å²) < 4.78 is 43.2. The van der Waals surface area contributed by atoms with Crippen LogP contribution in [-0.4, -0.2) is 33.2 Å². The molecule has 2 heterocycles. The van der Waals surface area contributed by atoms with Crippen LogP contribution in [0.25, 0.3) is 11.4 Å². The van der Waals surface area contributed by atoms with Crippen LogP contribution in [0.3, 0.4) is 0 Å². The molecule has 8 nitrogen and oxygen atoms in total. The number of rotatable bonds is 5.